The minimum absolute atomic E-state index is 0.353. The van der Waals surface area contributed by atoms with Crippen molar-refractivity contribution in [2.75, 3.05) is 24.5 Å². The van der Waals surface area contributed by atoms with Crippen molar-refractivity contribution in [1.29, 1.82) is 0 Å². The number of pyridine rings is 1. The first kappa shape index (κ1) is 22.3. The number of rotatable bonds is 7. The lowest BCUT2D eigenvalue weighted by Gasteiger charge is -2.32. The highest BCUT2D eigenvalue weighted by Gasteiger charge is 2.25. The van der Waals surface area contributed by atoms with Crippen LogP contribution in [0.25, 0.3) is 17.3 Å². The van der Waals surface area contributed by atoms with Crippen LogP contribution >= 0.6 is 11.8 Å². The molecule has 0 spiro atoms. The molecule has 2 N–H and O–H groups in total. The first-order valence-electron chi connectivity index (χ1n) is 11.1. The summed E-state index contributed by atoms with van der Waals surface area (Å²) in [6.45, 7) is 3.49. The fourth-order valence-electron chi connectivity index (χ4n) is 4.02. The number of amides is 2. The molecule has 10 heteroatoms. The maximum Gasteiger partial charge on any atom is 0.290 e. The van der Waals surface area contributed by atoms with Crippen molar-refractivity contribution < 1.29 is 14.0 Å². The van der Waals surface area contributed by atoms with Gasteiger partial charge in [-0.25, -0.2) is 9.97 Å². The molecule has 0 atom stereocenters. The van der Waals surface area contributed by atoms with Gasteiger partial charge < -0.3 is 14.6 Å². The molecule has 174 valence electrons. The van der Waals surface area contributed by atoms with Crippen LogP contribution in [0.4, 0.5) is 10.7 Å². The van der Waals surface area contributed by atoms with Gasteiger partial charge in [-0.15, -0.1) is 0 Å². The lowest BCUT2D eigenvalue weighted by Crippen LogP contribution is -2.38. The molecule has 0 bridgehead atoms. The molecule has 2 aliphatic rings. The average Bonchev–Trinajstić information content (AvgIpc) is 3.50. The van der Waals surface area contributed by atoms with Crippen LogP contribution in [0.5, 0.6) is 0 Å². The Balaban J connectivity index is 1.09. The minimum Gasteiger partial charge on any atom is -0.472 e. The SMILES string of the molecule is O=C1NC(=O)C(=Cc2ccnc(N3CCC(CNCc4ccc(-c5ccoc5)nc4)CC3)n2)S1. The molecule has 0 aliphatic carbocycles. The third kappa shape index (κ3) is 5.35. The van der Waals surface area contributed by atoms with Gasteiger partial charge in [-0.05, 0) is 66.9 Å². The zero-order valence-corrected chi connectivity index (χ0v) is 19.3. The fraction of sp³-hybridized carbons (Fsp3) is 0.292. The summed E-state index contributed by atoms with van der Waals surface area (Å²) < 4.78 is 5.11. The molecule has 0 saturated carbocycles. The van der Waals surface area contributed by atoms with Crippen LogP contribution < -0.4 is 15.5 Å². The van der Waals surface area contributed by atoms with Gasteiger partial charge >= 0.3 is 0 Å². The number of thioether (sulfide) groups is 1. The van der Waals surface area contributed by atoms with E-state index in [9.17, 15) is 9.59 Å². The molecule has 2 fully saturated rings. The molecule has 2 aliphatic heterocycles. The Kier molecular flexibility index (Phi) is 6.68. The summed E-state index contributed by atoms with van der Waals surface area (Å²) in [4.78, 5) is 39.1. The Hall–Kier alpha value is -3.50. The molecule has 9 nitrogen and oxygen atoms in total. The van der Waals surface area contributed by atoms with Crippen LogP contribution in [0.15, 0.2) is 58.5 Å². The number of anilines is 1. The van der Waals surface area contributed by atoms with Gasteiger partial charge in [0.1, 0.15) is 0 Å². The monoisotopic (exact) mass is 476 g/mol. The number of hydrogen-bond donors (Lipinski definition) is 2. The molecule has 0 unspecified atom stereocenters. The number of imide groups is 1. The lowest BCUT2D eigenvalue weighted by molar-refractivity contribution is -0.115. The van der Waals surface area contributed by atoms with E-state index < -0.39 is 0 Å². The van der Waals surface area contributed by atoms with Gasteiger partial charge in [0.25, 0.3) is 11.1 Å². The second kappa shape index (κ2) is 10.2. The number of hydrogen-bond acceptors (Lipinski definition) is 9. The van der Waals surface area contributed by atoms with Crippen LogP contribution in [0.1, 0.15) is 24.1 Å². The van der Waals surface area contributed by atoms with Crippen molar-refractivity contribution in [3.63, 3.8) is 0 Å². The molecule has 0 radical (unpaired) electrons. The van der Waals surface area contributed by atoms with Crippen molar-refractivity contribution in [2.24, 2.45) is 5.92 Å². The summed E-state index contributed by atoms with van der Waals surface area (Å²) in [5, 5.41) is 5.45. The maximum atomic E-state index is 11.8. The molecule has 3 aromatic rings. The Morgan fingerprint density at radius 1 is 1.18 bits per heavy atom. The first-order valence-corrected chi connectivity index (χ1v) is 12.0. The molecule has 3 aromatic heterocycles. The Labute approximate surface area is 201 Å². The van der Waals surface area contributed by atoms with Crippen molar-refractivity contribution in [1.82, 2.24) is 25.6 Å². The predicted molar refractivity (Wildman–Crippen MR) is 130 cm³/mol. The molecule has 2 amide bonds. The van der Waals surface area contributed by atoms with Crippen LogP contribution in [0, 0.1) is 5.92 Å². The highest BCUT2D eigenvalue weighted by atomic mass is 32.2. The standard InChI is InChI=1S/C24H24N6O3S/c31-22-21(34-24(32)29-22)11-19-3-7-26-23(28-19)30-8-4-16(5-9-30)12-25-13-17-1-2-20(27-14-17)18-6-10-33-15-18/h1-3,6-7,10-11,14-16,25H,4-5,8-9,12-13H2,(H,29,31,32). The van der Waals surface area contributed by atoms with E-state index in [1.165, 1.54) is 0 Å². The number of nitrogens with one attached hydrogen (secondary N) is 2. The van der Waals surface area contributed by atoms with E-state index in [4.69, 9.17) is 4.42 Å². The average molecular weight is 477 g/mol. The van der Waals surface area contributed by atoms with Gasteiger partial charge in [0, 0.05) is 37.6 Å². The minimum atomic E-state index is -0.381. The third-order valence-corrected chi connectivity index (χ3v) is 6.70. The molecule has 34 heavy (non-hydrogen) atoms. The molecule has 5 rings (SSSR count). The molecule has 2 saturated heterocycles. The van der Waals surface area contributed by atoms with E-state index >= 15 is 0 Å². The van der Waals surface area contributed by atoms with E-state index in [1.807, 2.05) is 18.3 Å². The van der Waals surface area contributed by atoms with Crippen molar-refractivity contribution in [3.05, 3.63) is 65.3 Å². The topological polar surface area (TPSA) is 113 Å². The van der Waals surface area contributed by atoms with Crippen LogP contribution in [0.2, 0.25) is 0 Å². The van der Waals surface area contributed by atoms with Gasteiger partial charge in [0.2, 0.25) is 5.95 Å². The van der Waals surface area contributed by atoms with E-state index in [0.717, 1.165) is 67.6 Å². The second-order valence-electron chi connectivity index (χ2n) is 8.26. The zero-order chi connectivity index (χ0) is 23.3. The summed E-state index contributed by atoms with van der Waals surface area (Å²) in [6.07, 6.45) is 10.7. The van der Waals surface area contributed by atoms with Crippen molar-refractivity contribution in [3.8, 4) is 11.3 Å². The van der Waals surface area contributed by atoms with Crippen molar-refractivity contribution >= 4 is 34.9 Å². The highest BCUT2D eigenvalue weighted by molar-refractivity contribution is 8.18. The zero-order valence-electron chi connectivity index (χ0n) is 18.4. The van der Waals surface area contributed by atoms with Crippen molar-refractivity contribution in [2.45, 2.75) is 19.4 Å². The first-order chi connectivity index (χ1) is 16.6. The number of carbonyl (C=O) groups excluding carboxylic acids is 2. The Morgan fingerprint density at radius 2 is 2.06 bits per heavy atom. The smallest absolute Gasteiger partial charge is 0.290 e. The van der Waals surface area contributed by atoms with E-state index in [2.05, 4.69) is 36.6 Å². The lowest BCUT2D eigenvalue weighted by atomic mass is 9.97. The summed E-state index contributed by atoms with van der Waals surface area (Å²) in [7, 11) is 0. The summed E-state index contributed by atoms with van der Waals surface area (Å²) in [5.41, 5.74) is 3.66. The van der Waals surface area contributed by atoms with Gasteiger partial charge in [-0.1, -0.05) is 6.07 Å². The van der Waals surface area contributed by atoms with E-state index in [-0.39, 0.29) is 11.1 Å². The molecule has 0 aromatic carbocycles. The largest absolute Gasteiger partial charge is 0.472 e. The summed E-state index contributed by atoms with van der Waals surface area (Å²) >= 11 is 0.889. The fourth-order valence-corrected chi connectivity index (χ4v) is 4.68. The Morgan fingerprint density at radius 3 is 2.76 bits per heavy atom. The summed E-state index contributed by atoms with van der Waals surface area (Å²) in [5.74, 6) is 0.858. The summed E-state index contributed by atoms with van der Waals surface area (Å²) in [6, 6.07) is 7.75. The number of carbonyl (C=O) groups is 2. The second-order valence-corrected chi connectivity index (χ2v) is 9.27. The van der Waals surface area contributed by atoms with Gasteiger partial charge in [-0.3, -0.25) is 19.9 Å². The van der Waals surface area contributed by atoms with Crippen LogP contribution in [-0.4, -0.2) is 45.7 Å². The quantitative estimate of drug-likeness (QED) is 0.495. The highest BCUT2D eigenvalue weighted by Crippen LogP contribution is 2.26. The maximum absolute atomic E-state index is 11.8. The predicted octanol–water partition coefficient (Wildman–Crippen LogP) is 3.46. The molecular formula is C24H24N6O3S. The number of aromatic nitrogens is 3. The Bertz CT molecular complexity index is 1190. The van der Waals surface area contributed by atoms with Crippen LogP contribution in [-0.2, 0) is 11.3 Å². The van der Waals surface area contributed by atoms with E-state index in [0.29, 0.717) is 22.5 Å². The number of nitrogens with zero attached hydrogens (tertiary/aromatic N) is 4. The van der Waals surface area contributed by atoms with Crippen LogP contribution in [0.3, 0.4) is 0 Å². The van der Waals surface area contributed by atoms with Gasteiger partial charge in [-0.2, -0.15) is 0 Å². The molecular weight excluding hydrogens is 452 g/mol. The van der Waals surface area contributed by atoms with E-state index in [1.54, 1.807) is 30.9 Å². The number of furan rings is 1. The number of piperidine rings is 1. The molecule has 5 heterocycles. The third-order valence-electron chi connectivity index (χ3n) is 5.89. The van der Waals surface area contributed by atoms with Gasteiger partial charge in [0.05, 0.1) is 28.8 Å². The normalized spacial score (nSPS) is 18.0. The van der Waals surface area contributed by atoms with Gasteiger partial charge in [0.15, 0.2) is 0 Å².